The Kier molecular flexibility index (Phi) is 2.04. The van der Waals surface area contributed by atoms with Crippen LogP contribution in [0.15, 0.2) is 30.5 Å². The Hall–Kier alpha value is -1.77. The van der Waals surface area contributed by atoms with Gasteiger partial charge in [0.1, 0.15) is 0 Å². The van der Waals surface area contributed by atoms with E-state index in [0.29, 0.717) is 6.04 Å². The van der Waals surface area contributed by atoms with Gasteiger partial charge in [0.15, 0.2) is 0 Å². The number of nitrogens with one attached hydrogen (secondary N) is 1. The first-order valence-electron chi connectivity index (χ1n) is 6.70. The summed E-state index contributed by atoms with van der Waals surface area (Å²) >= 11 is 0. The fourth-order valence-electron chi connectivity index (χ4n) is 3.60. The zero-order valence-electron chi connectivity index (χ0n) is 10.2. The topological polar surface area (TPSA) is 36.1 Å². The van der Waals surface area contributed by atoms with Gasteiger partial charge in [0.05, 0.1) is 0 Å². The molecule has 1 aromatic heterocycles. The summed E-state index contributed by atoms with van der Waals surface area (Å²) in [5.74, 6) is 0.969. The average Bonchev–Trinajstić information content (AvgIpc) is 3.12. The smallest absolute Gasteiger partial charge is 0.254 e. The van der Waals surface area contributed by atoms with Crippen molar-refractivity contribution in [3.8, 4) is 0 Å². The first-order chi connectivity index (χ1) is 8.83. The molecule has 18 heavy (non-hydrogen) atoms. The number of H-pyrrole nitrogens is 1. The lowest BCUT2D eigenvalue weighted by Gasteiger charge is -2.27. The maximum atomic E-state index is 12.7. The zero-order valence-corrected chi connectivity index (χ0v) is 10.2. The summed E-state index contributed by atoms with van der Waals surface area (Å²) in [4.78, 5) is 17.9. The Balaban J connectivity index is 1.74. The second-order valence-corrected chi connectivity index (χ2v) is 5.53. The molecular weight excluding hydrogens is 224 g/mol. The molecule has 1 saturated heterocycles. The molecular formula is C15H16N2O. The molecule has 1 aliphatic carbocycles. The van der Waals surface area contributed by atoms with E-state index in [-0.39, 0.29) is 5.91 Å². The molecule has 3 nitrogen and oxygen atoms in total. The largest absolute Gasteiger partial charge is 0.361 e. The molecule has 1 N–H and O–H groups in total. The Morgan fingerprint density at radius 3 is 3.00 bits per heavy atom. The van der Waals surface area contributed by atoms with Crippen molar-refractivity contribution in [2.45, 2.75) is 25.3 Å². The number of benzene rings is 1. The van der Waals surface area contributed by atoms with Crippen LogP contribution in [-0.4, -0.2) is 28.4 Å². The lowest BCUT2D eigenvalue weighted by Crippen LogP contribution is -2.37. The molecule has 92 valence electrons. The van der Waals surface area contributed by atoms with Crippen molar-refractivity contribution >= 4 is 16.8 Å². The normalized spacial score (nSPS) is 26.1. The molecule has 4 rings (SSSR count). The first-order valence-corrected chi connectivity index (χ1v) is 6.70. The number of likely N-dealkylation sites (tertiary alicyclic amines) is 1. The summed E-state index contributed by atoms with van der Waals surface area (Å²) in [6.45, 7) is 0.963. The molecule has 2 fully saturated rings. The van der Waals surface area contributed by atoms with Crippen LogP contribution in [0.5, 0.6) is 0 Å². The maximum absolute atomic E-state index is 12.7. The Labute approximate surface area is 106 Å². The maximum Gasteiger partial charge on any atom is 0.254 e. The van der Waals surface area contributed by atoms with Crippen molar-refractivity contribution in [1.82, 2.24) is 9.88 Å². The highest BCUT2D eigenvalue weighted by Gasteiger charge is 2.40. The van der Waals surface area contributed by atoms with Crippen molar-refractivity contribution in [2.24, 2.45) is 5.92 Å². The molecule has 0 spiro atoms. The van der Waals surface area contributed by atoms with Crippen LogP contribution >= 0.6 is 0 Å². The molecule has 2 bridgehead atoms. The second kappa shape index (κ2) is 3.61. The zero-order chi connectivity index (χ0) is 12.1. The van der Waals surface area contributed by atoms with Gasteiger partial charge in [0.2, 0.25) is 0 Å². The van der Waals surface area contributed by atoms with Crippen molar-refractivity contribution in [1.29, 1.82) is 0 Å². The summed E-state index contributed by atoms with van der Waals surface area (Å²) in [5, 5.41) is 1.05. The van der Waals surface area contributed by atoms with Gasteiger partial charge in [-0.1, -0.05) is 6.07 Å². The van der Waals surface area contributed by atoms with E-state index in [2.05, 4.69) is 9.88 Å². The highest BCUT2D eigenvalue weighted by Crippen LogP contribution is 2.38. The van der Waals surface area contributed by atoms with Gasteiger partial charge in [-0.25, -0.2) is 0 Å². The van der Waals surface area contributed by atoms with E-state index < -0.39 is 0 Å². The predicted molar refractivity (Wildman–Crippen MR) is 70.5 cm³/mol. The molecule has 1 amide bonds. The number of fused-ring (bicyclic) bond motifs is 3. The van der Waals surface area contributed by atoms with E-state index in [1.165, 1.54) is 19.3 Å². The van der Waals surface area contributed by atoms with Gasteiger partial charge in [-0.15, -0.1) is 0 Å². The number of carbonyl (C=O) groups excluding carboxylic acids is 1. The van der Waals surface area contributed by atoms with Gasteiger partial charge in [0.25, 0.3) is 5.91 Å². The lowest BCUT2D eigenvalue weighted by atomic mass is 10.1. The van der Waals surface area contributed by atoms with Crippen molar-refractivity contribution in [2.75, 3.05) is 6.54 Å². The molecule has 1 aliphatic heterocycles. The van der Waals surface area contributed by atoms with Gasteiger partial charge in [-0.05, 0) is 43.4 Å². The summed E-state index contributed by atoms with van der Waals surface area (Å²) in [6, 6.07) is 8.42. The van der Waals surface area contributed by atoms with Gasteiger partial charge < -0.3 is 9.88 Å². The van der Waals surface area contributed by atoms with Crippen LogP contribution < -0.4 is 0 Å². The van der Waals surface area contributed by atoms with Crippen LogP contribution in [-0.2, 0) is 0 Å². The Morgan fingerprint density at radius 1 is 1.28 bits per heavy atom. The number of carbonyl (C=O) groups is 1. The Bertz CT molecular complexity index is 616. The lowest BCUT2D eigenvalue weighted by molar-refractivity contribution is 0.0705. The molecule has 0 radical (unpaired) electrons. The fraction of sp³-hybridized carbons (Fsp3) is 0.400. The minimum atomic E-state index is 0.215. The minimum Gasteiger partial charge on any atom is -0.361 e. The number of hydrogen-bond donors (Lipinski definition) is 1. The monoisotopic (exact) mass is 240 g/mol. The van der Waals surface area contributed by atoms with Crippen LogP contribution in [0.3, 0.4) is 0 Å². The van der Waals surface area contributed by atoms with Crippen molar-refractivity contribution in [3.63, 3.8) is 0 Å². The molecule has 2 aliphatic rings. The van der Waals surface area contributed by atoms with Crippen molar-refractivity contribution in [3.05, 3.63) is 36.0 Å². The molecule has 1 aromatic carbocycles. The summed E-state index contributed by atoms with van der Waals surface area (Å²) in [7, 11) is 0. The predicted octanol–water partition coefficient (Wildman–Crippen LogP) is 2.79. The van der Waals surface area contributed by atoms with E-state index >= 15 is 0 Å². The molecule has 2 atom stereocenters. The van der Waals surface area contributed by atoms with Crippen LogP contribution in [0.4, 0.5) is 0 Å². The number of aromatic amines is 1. The van der Waals surface area contributed by atoms with Crippen molar-refractivity contribution < 1.29 is 4.79 Å². The summed E-state index contributed by atoms with van der Waals surface area (Å²) < 4.78 is 0. The SMILES string of the molecule is O=C(c1cccc2[nH]ccc12)N1CC2CCC1C2. The van der Waals surface area contributed by atoms with Crippen LogP contribution in [0.2, 0.25) is 0 Å². The average molecular weight is 240 g/mol. The van der Waals surface area contributed by atoms with Gasteiger partial charge in [-0.2, -0.15) is 0 Å². The molecule has 2 unspecified atom stereocenters. The van der Waals surface area contributed by atoms with Crippen LogP contribution in [0.25, 0.3) is 10.9 Å². The molecule has 1 saturated carbocycles. The van der Waals surface area contributed by atoms with E-state index in [0.717, 1.165) is 28.9 Å². The van der Waals surface area contributed by atoms with E-state index in [1.807, 2.05) is 30.5 Å². The third-order valence-electron chi connectivity index (χ3n) is 4.50. The number of aromatic nitrogens is 1. The van der Waals surface area contributed by atoms with Gasteiger partial charge in [0, 0.05) is 35.2 Å². The number of nitrogens with zero attached hydrogens (tertiary/aromatic N) is 1. The highest BCUT2D eigenvalue weighted by atomic mass is 16.2. The van der Waals surface area contributed by atoms with Gasteiger partial charge >= 0.3 is 0 Å². The van der Waals surface area contributed by atoms with E-state index in [4.69, 9.17) is 0 Å². The third-order valence-corrected chi connectivity index (χ3v) is 4.50. The standard InChI is InChI=1S/C15H16N2O/c18-15(17-9-10-4-5-11(17)8-10)13-2-1-3-14-12(13)6-7-16-14/h1-3,6-7,10-11,16H,4-5,8-9H2. The molecule has 2 heterocycles. The number of piperidine rings is 1. The fourth-order valence-corrected chi connectivity index (χ4v) is 3.60. The van der Waals surface area contributed by atoms with E-state index in [9.17, 15) is 4.79 Å². The summed E-state index contributed by atoms with van der Waals surface area (Å²) in [6.07, 6.45) is 5.62. The van der Waals surface area contributed by atoms with E-state index in [1.54, 1.807) is 0 Å². The first kappa shape index (κ1) is 10.2. The third kappa shape index (κ3) is 1.33. The quantitative estimate of drug-likeness (QED) is 0.817. The number of amides is 1. The number of hydrogen-bond acceptors (Lipinski definition) is 1. The second-order valence-electron chi connectivity index (χ2n) is 5.53. The number of rotatable bonds is 1. The molecule has 3 heteroatoms. The van der Waals surface area contributed by atoms with Crippen LogP contribution in [0, 0.1) is 5.92 Å². The minimum absolute atomic E-state index is 0.215. The van der Waals surface area contributed by atoms with Gasteiger partial charge in [-0.3, -0.25) is 4.79 Å². The summed E-state index contributed by atoms with van der Waals surface area (Å²) in [5.41, 5.74) is 1.89. The molecule has 2 aromatic rings. The van der Waals surface area contributed by atoms with Crippen LogP contribution in [0.1, 0.15) is 29.6 Å². The Morgan fingerprint density at radius 2 is 2.22 bits per heavy atom. The highest BCUT2D eigenvalue weighted by molar-refractivity contribution is 6.06.